The fourth-order valence-electron chi connectivity index (χ4n) is 1.67. The van der Waals surface area contributed by atoms with Crippen molar-refractivity contribution in [3.63, 3.8) is 0 Å². The molecule has 2 aromatic heterocycles. The molecule has 0 atom stereocenters. The number of nitrogens with one attached hydrogen (secondary N) is 1. The number of carbonyl (C=O) groups excluding carboxylic acids is 1. The summed E-state index contributed by atoms with van der Waals surface area (Å²) in [6.07, 6.45) is 0.796. The number of aromatic nitrogens is 3. The summed E-state index contributed by atoms with van der Waals surface area (Å²) in [6.45, 7) is 7.06. The predicted octanol–water partition coefficient (Wildman–Crippen LogP) is 5.64. The molecule has 2 aromatic rings. The zero-order valence-corrected chi connectivity index (χ0v) is 16.9. The van der Waals surface area contributed by atoms with Crippen molar-refractivity contribution in [1.29, 1.82) is 0 Å². The lowest BCUT2D eigenvalue weighted by Gasteiger charge is -2.19. The van der Waals surface area contributed by atoms with E-state index in [4.69, 9.17) is 39.5 Å². The largest absolute Gasteiger partial charge is 0.444 e. The summed E-state index contributed by atoms with van der Waals surface area (Å²) in [5.41, 5.74) is 0.0107. The molecule has 0 aromatic carbocycles. The van der Waals surface area contributed by atoms with Crippen molar-refractivity contribution in [3.8, 4) is 0 Å². The van der Waals surface area contributed by atoms with Crippen molar-refractivity contribution >= 4 is 58.5 Å². The van der Waals surface area contributed by atoms with Gasteiger partial charge in [0.25, 0.3) is 0 Å². The van der Waals surface area contributed by atoms with E-state index < -0.39 is 11.7 Å². The van der Waals surface area contributed by atoms with Crippen molar-refractivity contribution in [2.24, 2.45) is 0 Å². The van der Waals surface area contributed by atoms with Gasteiger partial charge in [0.15, 0.2) is 5.15 Å². The van der Waals surface area contributed by atoms with Gasteiger partial charge in [-0.15, -0.1) is 0 Å². The van der Waals surface area contributed by atoms with Crippen LogP contribution in [0.5, 0.6) is 0 Å². The van der Waals surface area contributed by atoms with Crippen LogP contribution < -0.4 is 5.32 Å². The van der Waals surface area contributed by atoms with Crippen LogP contribution in [-0.2, 0) is 4.74 Å². The molecule has 25 heavy (non-hydrogen) atoms. The Balaban J connectivity index is 2.27. The number of rotatable bonds is 3. The summed E-state index contributed by atoms with van der Waals surface area (Å²) in [5, 5.41) is 3.74. The van der Waals surface area contributed by atoms with Crippen LogP contribution in [0.4, 0.5) is 10.6 Å². The van der Waals surface area contributed by atoms with Crippen LogP contribution >= 0.6 is 46.6 Å². The molecule has 1 N–H and O–H groups in total. The maximum atomic E-state index is 11.9. The highest BCUT2D eigenvalue weighted by atomic mass is 35.5. The van der Waals surface area contributed by atoms with Crippen molar-refractivity contribution in [2.45, 2.75) is 43.2 Å². The van der Waals surface area contributed by atoms with E-state index in [1.807, 2.05) is 0 Å². The first kappa shape index (κ1) is 20.0. The number of ether oxygens (including phenoxy) is 1. The lowest BCUT2D eigenvalue weighted by Crippen LogP contribution is -2.27. The van der Waals surface area contributed by atoms with Crippen molar-refractivity contribution < 1.29 is 9.53 Å². The number of hydrogen-bond donors (Lipinski definition) is 1. The van der Waals surface area contributed by atoms with E-state index in [1.54, 1.807) is 33.8 Å². The minimum Gasteiger partial charge on any atom is -0.444 e. The van der Waals surface area contributed by atoms with E-state index in [1.165, 1.54) is 18.0 Å². The van der Waals surface area contributed by atoms with E-state index in [2.05, 4.69) is 20.3 Å². The van der Waals surface area contributed by atoms with Gasteiger partial charge in [0.05, 0.1) is 16.9 Å². The number of carbonyl (C=O) groups is 1. The maximum Gasteiger partial charge on any atom is 0.413 e. The van der Waals surface area contributed by atoms with Gasteiger partial charge in [-0.1, -0.05) is 46.6 Å². The van der Waals surface area contributed by atoms with Gasteiger partial charge in [0.1, 0.15) is 21.6 Å². The van der Waals surface area contributed by atoms with Crippen LogP contribution in [0, 0.1) is 6.92 Å². The van der Waals surface area contributed by atoms with Gasteiger partial charge in [-0.05, 0) is 33.8 Å². The lowest BCUT2D eigenvalue weighted by atomic mass is 10.2. The molecular formula is C15H15Cl3N4O2S. The Labute approximate surface area is 164 Å². The zero-order chi connectivity index (χ0) is 18.8. The summed E-state index contributed by atoms with van der Waals surface area (Å²) >= 11 is 19.3. The van der Waals surface area contributed by atoms with Crippen LogP contribution in [0.3, 0.4) is 0 Å². The molecule has 0 bridgehead atoms. The van der Waals surface area contributed by atoms with Gasteiger partial charge in [-0.25, -0.2) is 19.7 Å². The van der Waals surface area contributed by atoms with Crippen LogP contribution in [0.25, 0.3) is 0 Å². The van der Waals surface area contributed by atoms with Gasteiger partial charge in [-0.3, -0.25) is 5.32 Å². The first-order valence-electron chi connectivity index (χ1n) is 7.08. The molecule has 1 amide bonds. The van der Waals surface area contributed by atoms with E-state index in [0.29, 0.717) is 20.8 Å². The monoisotopic (exact) mass is 420 g/mol. The Bertz CT molecular complexity index is 812. The average Bonchev–Trinajstić information content (AvgIpc) is 2.44. The number of pyridine rings is 1. The number of anilines is 1. The predicted molar refractivity (Wildman–Crippen MR) is 100 cm³/mol. The molecular weight excluding hydrogens is 407 g/mol. The summed E-state index contributed by atoms with van der Waals surface area (Å²) in [4.78, 5) is 24.8. The molecule has 6 nitrogen and oxygen atoms in total. The number of nitrogens with zero attached hydrogens (tertiary/aromatic N) is 3. The number of aryl methyl sites for hydroxylation is 1. The topological polar surface area (TPSA) is 77.0 Å². The van der Waals surface area contributed by atoms with E-state index >= 15 is 0 Å². The maximum absolute atomic E-state index is 11.9. The third-order valence-corrected chi connectivity index (χ3v) is 4.77. The normalized spacial score (nSPS) is 11.3. The molecule has 134 valence electrons. The smallest absolute Gasteiger partial charge is 0.413 e. The van der Waals surface area contributed by atoms with Crippen molar-refractivity contribution in [1.82, 2.24) is 15.0 Å². The summed E-state index contributed by atoms with van der Waals surface area (Å²) in [7, 11) is 0. The Morgan fingerprint density at radius 2 is 1.92 bits per heavy atom. The third kappa shape index (κ3) is 5.88. The molecule has 2 rings (SSSR count). The molecule has 0 unspecified atom stereocenters. The summed E-state index contributed by atoms with van der Waals surface area (Å²) in [6, 6.07) is 1.58. The summed E-state index contributed by atoms with van der Waals surface area (Å²) < 4.78 is 5.19. The van der Waals surface area contributed by atoms with Gasteiger partial charge in [0, 0.05) is 4.90 Å². The molecule has 0 aliphatic heterocycles. The lowest BCUT2D eigenvalue weighted by molar-refractivity contribution is 0.0635. The van der Waals surface area contributed by atoms with E-state index in [9.17, 15) is 4.79 Å². The van der Waals surface area contributed by atoms with Crippen LogP contribution in [0.2, 0.25) is 15.3 Å². The second-order valence-corrected chi connectivity index (χ2v) is 8.08. The van der Waals surface area contributed by atoms with Crippen LogP contribution in [0.15, 0.2) is 22.2 Å². The second-order valence-electron chi connectivity index (χ2n) is 5.92. The van der Waals surface area contributed by atoms with Crippen molar-refractivity contribution in [2.75, 3.05) is 5.32 Å². The number of amides is 1. The molecule has 0 aliphatic rings. The molecule has 0 aliphatic carbocycles. The van der Waals surface area contributed by atoms with Crippen molar-refractivity contribution in [3.05, 3.63) is 33.3 Å². The number of hydrogen-bond acceptors (Lipinski definition) is 6. The van der Waals surface area contributed by atoms with Gasteiger partial charge in [0.2, 0.25) is 0 Å². The quantitative estimate of drug-likeness (QED) is 0.646. The highest BCUT2D eigenvalue weighted by Crippen LogP contribution is 2.38. The standard InChI is InChI=1S/C15H15Cl3N4O2S/c1-7-13(19-6-9(16)20-7)25-8-5-10(21-12(18)11(8)17)22-14(23)24-15(2,3)4/h5-6H,1-4H3,(H,21,22,23). The Morgan fingerprint density at radius 3 is 2.52 bits per heavy atom. The molecule has 10 heteroatoms. The molecule has 0 fully saturated rings. The molecule has 0 saturated carbocycles. The fraction of sp³-hybridized carbons (Fsp3) is 0.333. The van der Waals surface area contributed by atoms with Gasteiger partial charge in [-0.2, -0.15) is 0 Å². The molecule has 0 saturated heterocycles. The first-order valence-corrected chi connectivity index (χ1v) is 9.03. The Morgan fingerprint density at radius 1 is 1.24 bits per heavy atom. The minimum absolute atomic E-state index is 0.0531. The first-order chi connectivity index (χ1) is 11.5. The van der Waals surface area contributed by atoms with Crippen LogP contribution in [0.1, 0.15) is 26.5 Å². The fourth-order valence-corrected chi connectivity index (χ4v) is 3.17. The van der Waals surface area contributed by atoms with E-state index in [0.717, 1.165) is 0 Å². The highest BCUT2D eigenvalue weighted by molar-refractivity contribution is 7.99. The third-order valence-electron chi connectivity index (χ3n) is 2.59. The molecule has 2 heterocycles. The average molecular weight is 422 g/mol. The minimum atomic E-state index is -0.642. The number of halogens is 3. The van der Waals surface area contributed by atoms with Crippen LogP contribution in [-0.4, -0.2) is 26.6 Å². The second kappa shape index (κ2) is 7.95. The summed E-state index contributed by atoms with van der Waals surface area (Å²) in [5.74, 6) is 0.214. The van der Waals surface area contributed by atoms with E-state index in [-0.39, 0.29) is 16.0 Å². The molecule has 0 radical (unpaired) electrons. The zero-order valence-electron chi connectivity index (χ0n) is 13.9. The van der Waals surface area contributed by atoms with Gasteiger partial charge >= 0.3 is 6.09 Å². The Hall–Kier alpha value is -1.28. The SMILES string of the molecule is Cc1nc(Cl)cnc1Sc1cc(NC(=O)OC(C)(C)C)nc(Cl)c1Cl. The molecule has 0 spiro atoms. The van der Waals surface area contributed by atoms with Gasteiger partial charge < -0.3 is 4.74 Å². The Kier molecular flexibility index (Phi) is 6.37. The highest BCUT2D eigenvalue weighted by Gasteiger charge is 2.19.